The van der Waals surface area contributed by atoms with Crippen molar-refractivity contribution >= 4 is 23.5 Å². The van der Waals surface area contributed by atoms with Crippen molar-refractivity contribution in [1.82, 2.24) is 15.0 Å². The van der Waals surface area contributed by atoms with Crippen LogP contribution >= 0.6 is 11.6 Å². The normalized spacial score (nSPS) is 10.6. The number of carbonyl (C=O) groups excluding carboxylic acids is 1. The molecule has 2 aromatic heterocycles. The lowest BCUT2D eigenvalue weighted by atomic mass is 10.1. The SMILES string of the molecule is NC(=O)c1cc(-c2nc(N)ncc2Cl)[nH]c1-c1ccccc1. The molecule has 0 aliphatic rings. The first kappa shape index (κ1) is 14.1. The quantitative estimate of drug-likeness (QED) is 0.689. The second-order valence-electron chi connectivity index (χ2n) is 4.63. The number of amides is 1. The number of nitrogens with two attached hydrogens (primary N) is 2. The number of aromatic amines is 1. The number of benzene rings is 1. The third-order valence-electron chi connectivity index (χ3n) is 3.16. The van der Waals surface area contributed by atoms with Gasteiger partial charge in [0.05, 0.1) is 28.2 Å². The van der Waals surface area contributed by atoms with E-state index in [0.29, 0.717) is 27.7 Å². The molecule has 1 amide bonds. The molecule has 6 nitrogen and oxygen atoms in total. The number of hydrogen-bond acceptors (Lipinski definition) is 4. The summed E-state index contributed by atoms with van der Waals surface area (Å²) in [5.41, 5.74) is 13.8. The van der Waals surface area contributed by atoms with Gasteiger partial charge in [0.1, 0.15) is 5.69 Å². The van der Waals surface area contributed by atoms with Crippen LogP contribution in [0.4, 0.5) is 5.95 Å². The molecule has 110 valence electrons. The summed E-state index contributed by atoms with van der Waals surface area (Å²) in [5, 5.41) is 0.325. The Bertz CT molecular complexity index is 844. The Morgan fingerprint density at radius 2 is 1.95 bits per heavy atom. The molecular weight excluding hydrogens is 302 g/mol. The van der Waals surface area contributed by atoms with Crippen LogP contribution in [-0.4, -0.2) is 20.9 Å². The predicted octanol–water partition coefficient (Wildman–Crippen LogP) is 2.47. The van der Waals surface area contributed by atoms with Gasteiger partial charge in [0.2, 0.25) is 5.95 Å². The van der Waals surface area contributed by atoms with Gasteiger partial charge in [0.25, 0.3) is 5.91 Å². The number of rotatable bonds is 3. The van der Waals surface area contributed by atoms with Crippen LogP contribution in [0.2, 0.25) is 5.02 Å². The second-order valence-corrected chi connectivity index (χ2v) is 5.03. The highest BCUT2D eigenvalue weighted by Gasteiger charge is 2.17. The van der Waals surface area contributed by atoms with Crippen molar-refractivity contribution in [2.45, 2.75) is 0 Å². The van der Waals surface area contributed by atoms with Gasteiger partial charge in [-0.25, -0.2) is 9.97 Å². The predicted molar refractivity (Wildman–Crippen MR) is 85.2 cm³/mol. The number of primary amides is 1. The first-order chi connectivity index (χ1) is 10.6. The van der Waals surface area contributed by atoms with Crippen LogP contribution in [0.1, 0.15) is 10.4 Å². The molecule has 0 bridgehead atoms. The van der Waals surface area contributed by atoms with Crippen LogP contribution in [0.3, 0.4) is 0 Å². The summed E-state index contributed by atoms with van der Waals surface area (Å²) in [7, 11) is 0. The molecule has 1 aromatic carbocycles. The largest absolute Gasteiger partial charge is 0.368 e. The monoisotopic (exact) mass is 313 g/mol. The van der Waals surface area contributed by atoms with Gasteiger partial charge in [-0.2, -0.15) is 0 Å². The lowest BCUT2D eigenvalue weighted by molar-refractivity contribution is 0.100. The maximum absolute atomic E-state index is 11.7. The molecule has 0 atom stereocenters. The Labute approximate surface area is 131 Å². The topological polar surface area (TPSA) is 111 Å². The lowest BCUT2D eigenvalue weighted by Gasteiger charge is -2.02. The van der Waals surface area contributed by atoms with Crippen molar-refractivity contribution in [3.05, 3.63) is 53.2 Å². The van der Waals surface area contributed by atoms with Crippen molar-refractivity contribution in [2.75, 3.05) is 5.73 Å². The van der Waals surface area contributed by atoms with E-state index >= 15 is 0 Å². The molecule has 7 heteroatoms. The average Bonchev–Trinajstić information content (AvgIpc) is 2.96. The molecule has 0 aliphatic heterocycles. The summed E-state index contributed by atoms with van der Waals surface area (Å²) in [6.07, 6.45) is 1.41. The first-order valence-corrected chi connectivity index (χ1v) is 6.80. The third kappa shape index (κ3) is 2.51. The van der Waals surface area contributed by atoms with E-state index in [1.165, 1.54) is 6.20 Å². The molecule has 3 aromatic rings. The molecule has 5 N–H and O–H groups in total. The number of nitrogens with zero attached hydrogens (tertiary/aromatic N) is 2. The fraction of sp³-hybridized carbons (Fsp3) is 0. The Kier molecular flexibility index (Phi) is 3.52. The smallest absolute Gasteiger partial charge is 0.250 e. The maximum Gasteiger partial charge on any atom is 0.250 e. The van der Waals surface area contributed by atoms with Crippen molar-refractivity contribution in [1.29, 1.82) is 0 Å². The molecule has 0 radical (unpaired) electrons. The number of anilines is 1. The highest BCUT2D eigenvalue weighted by atomic mass is 35.5. The van der Waals surface area contributed by atoms with E-state index in [2.05, 4.69) is 15.0 Å². The van der Waals surface area contributed by atoms with E-state index in [1.54, 1.807) is 6.07 Å². The number of nitrogen functional groups attached to an aromatic ring is 1. The van der Waals surface area contributed by atoms with Gasteiger partial charge in [0, 0.05) is 0 Å². The van der Waals surface area contributed by atoms with Gasteiger partial charge in [-0.05, 0) is 11.6 Å². The zero-order chi connectivity index (χ0) is 15.7. The molecule has 0 aliphatic carbocycles. The van der Waals surface area contributed by atoms with Crippen molar-refractivity contribution in [2.24, 2.45) is 5.73 Å². The zero-order valence-electron chi connectivity index (χ0n) is 11.4. The van der Waals surface area contributed by atoms with Gasteiger partial charge in [-0.1, -0.05) is 41.9 Å². The van der Waals surface area contributed by atoms with Gasteiger partial charge >= 0.3 is 0 Å². The van der Waals surface area contributed by atoms with E-state index in [-0.39, 0.29) is 5.95 Å². The van der Waals surface area contributed by atoms with Crippen molar-refractivity contribution in [3.8, 4) is 22.6 Å². The molecule has 3 rings (SSSR count). The lowest BCUT2D eigenvalue weighted by Crippen LogP contribution is -2.11. The standard InChI is InChI=1S/C15H12ClN5O/c16-10-7-19-15(18)21-13(10)11-6-9(14(17)22)12(20-11)8-4-2-1-3-5-8/h1-7,20H,(H2,17,22)(H2,18,19,21). The number of nitrogens with one attached hydrogen (secondary N) is 1. The fourth-order valence-corrected chi connectivity index (χ4v) is 2.37. The molecule has 2 heterocycles. The third-order valence-corrected chi connectivity index (χ3v) is 3.44. The van der Waals surface area contributed by atoms with Gasteiger partial charge < -0.3 is 16.5 Å². The van der Waals surface area contributed by atoms with Crippen molar-refractivity contribution < 1.29 is 4.79 Å². The van der Waals surface area contributed by atoms with E-state index < -0.39 is 5.91 Å². The molecule has 22 heavy (non-hydrogen) atoms. The van der Waals surface area contributed by atoms with Crippen LogP contribution < -0.4 is 11.5 Å². The molecule has 0 saturated carbocycles. The summed E-state index contributed by atoms with van der Waals surface area (Å²) >= 11 is 6.10. The summed E-state index contributed by atoms with van der Waals surface area (Å²) in [4.78, 5) is 22.8. The minimum Gasteiger partial charge on any atom is -0.368 e. The first-order valence-electron chi connectivity index (χ1n) is 6.43. The highest BCUT2D eigenvalue weighted by molar-refractivity contribution is 6.32. The number of hydrogen-bond donors (Lipinski definition) is 3. The van der Waals surface area contributed by atoms with Crippen LogP contribution in [0.15, 0.2) is 42.6 Å². The number of aromatic nitrogens is 3. The van der Waals surface area contributed by atoms with E-state index in [0.717, 1.165) is 5.56 Å². The molecule has 0 spiro atoms. The second kappa shape index (κ2) is 5.50. The summed E-state index contributed by atoms with van der Waals surface area (Å²) < 4.78 is 0. The number of H-pyrrole nitrogens is 1. The van der Waals surface area contributed by atoms with Gasteiger partial charge in [-0.3, -0.25) is 4.79 Å². The van der Waals surface area contributed by atoms with Crippen LogP contribution in [0, 0.1) is 0 Å². The Morgan fingerprint density at radius 1 is 1.23 bits per heavy atom. The van der Waals surface area contributed by atoms with E-state index in [1.807, 2.05) is 30.3 Å². The molecule has 0 unspecified atom stereocenters. The Hall–Kier alpha value is -2.86. The van der Waals surface area contributed by atoms with Crippen LogP contribution in [-0.2, 0) is 0 Å². The Balaban J connectivity index is 2.19. The fourth-order valence-electron chi connectivity index (χ4n) is 2.18. The summed E-state index contributed by atoms with van der Waals surface area (Å²) in [6.45, 7) is 0. The van der Waals surface area contributed by atoms with Crippen LogP contribution in [0.25, 0.3) is 22.6 Å². The Morgan fingerprint density at radius 3 is 2.64 bits per heavy atom. The zero-order valence-corrected chi connectivity index (χ0v) is 12.1. The van der Waals surface area contributed by atoms with Crippen molar-refractivity contribution in [3.63, 3.8) is 0 Å². The van der Waals surface area contributed by atoms with E-state index in [4.69, 9.17) is 23.1 Å². The molecule has 0 saturated heterocycles. The van der Waals surface area contributed by atoms with Gasteiger partial charge in [-0.15, -0.1) is 0 Å². The summed E-state index contributed by atoms with van der Waals surface area (Å²) in [6, 6.07) is 11.0. The maximum atomic E-state index is 11.7. The van der Waals surface area contributed by atoms with Gasteiger partial charge in [0.15, 0.2) is 0 Å². The minimum absolute atomic E-state index is 0.0934. The van der Waals surface area contributed by atoms with Crippen LogP contribution in [0.5, 0.6) is 0 Å². The molecule has 0 fully saturated rings. The molecular formula is C15H12ClN5O. The number of halogens is 1. The average molecular weight is 314 g/mol. The summed E-state index contributed by atoms with van der Waals surface area (Å²) in [5.74, 6) is -0.449. The minimum atomic E-state index is -0.542. The number of carbonyl (C=O) groups is 1. The van der Waals surface area contributed by atoms with E-state index in [9.17, 15) is 4.79 Å². The highest BCUT2D eigenvalue weighted by Crippen LogP contribution is 2.31.